The van der Waals surface area contributed by atoms with Gasteiger partial charge < -0.3 is 15.4 Å². The normalized spacial score (nSPS) is 15.8. The summed E-state index contributed by atoms with van der Waals surface area (Å²) in [6.45, 7) is 7.00. The molecule has 0 aromatic heterocycles. The molecule has 1 saturated heterocycles. The van der Waals surface area contributed by atoms with Crippen molar-refractivity contribution < 1.29 is 9.53 Å². The van der Waals surface area contributed by atoms with Crippen molar-refractivity contribution in [3.8, 4) is 0 Å². The Morgan fingerprint density at radius 3 is 2.46 bits per heavy atom. The second kappa shape index (κ2) is 10.8. The Bertz CT molecular complexity index is 730. The van der Waals surface area contributed by atoms with Crippen LogP contribution in [0.3, 0.4) is 0 Å². The molecule has 2 aromatic rings. The number of carbonyl (C=O) groups excluding carboxylic acids is 1. The van der Waals surface area contributed by atoms with Gasteiger partial charge in [-0.3, -0.25) is 4.90 Å². The number of nitrogens with zero attached hydrogens (tertiary/aromatic N) is 1. The molecular formula is C23H31N3O2. The molecule has 1 heterocycles. The predicted molar refractivity (Wildman–Crippen MR) is 112 cm³/mol. The monoisotopic (exact) mass is 381 g/mol. The lowest BCUT2D eigenvalue weighted by Crippen LogP contribution is -2.41. The van der Waals surface area contributed by atoms with Crippen molar-refractivity contribution in [2.75, 3.05) is 26.3 Å². The molecule has 5 heteroatoms. The van der Waals surface area contributed by atoms with Gasteiger partial charge in [0.05, 0.1) is 13.2 Å². The molecule has 0 radical (unpaired) electrons. The molecule has 1 aliphatic rings. The number of benzene rings is 2. The largest absolute Gasteiger partial charge is 0.379 e. The summed E-state index contributed by atoms with van der Waals surface area (Å²) in [5.74, 6) is 0. The molecule has 5 nitrogen and oxygen atoms in total. The maximum absolute atomic E-state index is 12.3. The average Bonchev–Trinajstić information content (AvgIpc) is 2.73. The zero-order valence-electron chi connectivity index (χ0n) is 16.7. The first-order valence-corrected chi connectivity index (χ1v) is 10.2. The number of amides is 2. The van der Waals surface area contributed by atoms with Gasteiger partial charge in [-0.15, -0.1) is 0 Å². The minimum absolute atomic E-state index is 0.110. The molecule has 1 fully saturated rings. The second-order valence-electron chi connectivity index (χ2n) is 7.41. The Morgan fingerprint density at radius 1 is 1.04 bits per heavy atom. The minimum atomic E-state index is -0.110. The van der Waals surface area contributed by atoms with E-state index in [1.807, 2.05) is 12.1 Å². The number of nitrogens with one attached hydrogen (secondary N) is 2. The van der Waals surface area contributed by atoms with E-state index < -0.39 is 0 Å². The zero-order chi connectivity index (χ0) is 19.6. The van der Waals surface area contributed by atoms with Crippen LogP contribution in [0.1, 0.15) is 30.0 Å². The van der Waals surface area contributed by atoms with E-state index >= 15 is 0 Å². The highest BCUT2D eigenvalue weighted by atomic mass is 16.5. The van der Waals surface area contributed by atoms with E-state index in [4.69, 9.17) is 4.74 Å². The Balaban J connectivity index is 1.43. The molecule has 0 saturated carbocycles. The number of aryl methyl sites for hydroxylation is 1. The van der Waals surface area contributed by atoms with E-state index in [2.05, 4.69) is 64.9 Å². The number of urea groups is 1. The third-order valence-electron chi connectivity index (χ3n) is 5.14. The van der Waals surface area contributed by atoms with Crippen LogP contribution in [-0.2, 0) is 24.2 Å². The van der Waals surface area contributed by atoms with Crippen LogP contribution in [-0.4, -0.2) is 43.3 Å². The van der Waals surface area contributed by atoms with Gasteiger partial charge in [-0.05, 0) is 36.5 Å². The first-order valence-electron chi connectivity index (χ1n) is 10.2. The zero-order valence-corrected chi connectivity index (χ0v) is 16.7. The van der Waals surface area contributed by atoms with Crippen molar-refractivity contribution in [3.63, 3.8) is 0 Å². The maximum Gasteiger partial charge on any atom is 0.315 e. The second-order valence-corrected chi connectivity index (χ2v) is 7.41. The number of rotatable bonds is 8. The molecule has 0 aliphatic carbocycles. The number of ether oxygens (including phenoxy) is 1. The average molecular weight is 382 g/mol. The first-order chi connectivity index (χ1) is 13.7. The van der Waals surface area contributed by atoms with Crippen LogP contribution in [0.25, 0.3) is 0 Å². The number of carbonyl (C=O) groups is 1. The fraction of sp³-hybridized carbons (Fsp3) is 0.435. The van der Waals surface area contributed by atoms with E-state index in [1.54, 1.807) is 0 Å². The van der Waals surface area contributed by atoms with E-state index in [0.717, 1.165) is 45.7 Å². The fourth-order valence-corrected chi connectivity index (χ4v) is 3.43. The van der Waals surface area contributed by atoms with Crippen LogP contribution in [0.4, 0.5) is 4.79 Å². The van der Waals surface area contributed by atoms with Crippen molar-refractivity contribution in [1.29, 1.82) is 0 Å². The van der Waals surface area contributed by atoms with Crippen LogP contribution < -0.4 is 10.6 Å². The molecule has 28 heavy (non-hydrogen) atoms. The van der Waals surface area contributed by atoms with Gasteiger partial charge in [0.15, 0.2) is 0 Å². The maximum atomic E-state index is 12.3. The van der Waals surface area contributed by atoms with Gasteiger partial charge in [0.2, 0.25) is 0 Å². The van der Waals surface area contributed by atoms with Crippen LogP contribution >= 0.6 is 0 Å². The van der Waals surface area contributed by atoms with Gasteiger partial charge >= 0.3 is 6.03 Å². The topological polar surface area (TPSA) is 53.6 Å². The highest BCUT2D eigenvalue weighted by Gasteiger charge is 2.13. The Morgan fingerprint density at radius 2 is 1.71 bits per heavy atom. The highest BCUT2D eigenvalue weighted by Crippen LogP contribution is 2.13. The SMILES string of the molecule is CC(CCc1ccccc1)NC(=O)NCc1ccccc1CN1CCOCC1. The summed E-state index contributed by atoms with van der Waals surface area (Å²) >= 11 is 0. The molecule has 1 atom stereocenters. The molecule has 3 rings (SSSR count). The molecule has 2 N–H and O–H groups in total. The summed E-state index contributed by atoms with van der Waals surface area (Å²) in [6.07, 6.45) is 1.88. The third-order valence-corrected chi connectivity index (χ3v) is 5.14. The van der Waals surface area contributed by atoms with E-state index in [0.29, 0.717) is 6.54 Å². The van der Waals surface area contributed by atoms with Crippen molar-refractivity contribution >= 4 is 6.03 Å². The van der Waals surface area contributed by atoms with Crippen LogP contribution in [0, 0.1) is 0 Å². The summed E-state index contributed by atoms with van der Waals surface area (Å²) in [7, 11) is 0. The standard InChI is InChI=1S/C23H31N3O2/c1-19(11-12-20-7-3-2-4-8-20)25-23(27)24-17-21-9-5-6-10-22(21)18-26-13-15-28-16-14-26/h2-10,19H,11-18H2,1H3,(H2,24,25,27). The van der Waals surface area contributed by atoms with Crippen molar-refractivity contribution in [3.05, 3.63) is 71.3 Å². The molecule has 2 amide bonds. The van der Waals surface area contributed by atoms with Crippen molar-refractivity contribution in [2.45, 2.75) is 38.9 Å². The lowest BCUT2D eigenvalue weighted by molar-refractivity contribution is 0.0341. The quantitative estimate of drug-likeness (QED) is 0.737. The molecule has 1 unspecified atom stereocenters. The molecule has 0 bridgehead atoms. The number of hydrogen-bond donors (Lipinski definition) is 2. The van der Waals surface area contributed by atoms with Crippen LogP contribution in [0.2, 0.25) is 0 Å². The number of hydrogen-bond acceptors (Lipinski definition) is 3. The van der Waals surface area contributed by atoms with Crippen molar-refractivity contribution in [1.82, 2.24) is 15.5 Å². The van der Waals surface area contributed by atoms with E-state index in [9.17, 15) is 4.79 Å². The highest BCUT2D eigenvalue weighted by molar-refractivity contribution is 5.74. The van der Waals surface area contributed by atoms with Gasteiger partial charge in [-0.1, -0.05) is 54.6 Å². The molecule has 2 aromatic carbocycles. The van der Waals surface area contributed by atoms with E-state index in [-0.39, 0.29) is 12.1 Å². The predicted octanol–water partition coefficient (Wildman–Crippen LogP) is 3.34. The molecule has 0 spiro atoms. The first kappa shape index (κ1) is 20.4. The van der Waals surface area contributed by atoms with Crippen LogP contribution in [0.5, 0.6) is 0 Å². The minimum Gasteiger partial charge on any atom is -0.379 e. The van der Waals surface area contributed by atoms with Gasteiger partial charge in [-0.25, -0.2) is 4.79 Å². The number of morpholine rings is 1. The summed E-state index contributed by atoms with van der Waals surface area (Å²) in [5.41, 5.74) is 3.73. The van der Waals surface area contributed by atoms with Gasteiger partial charge in [0.1, 0.15) is 0 Å². The summed E-state index contributed by atoms with van der Waals surface area (Å²) in [6, 6.07) is 18.7. The third kappa shape index (κ3) is 6.66. The van der Waals surface area contributed by atoms with Gasteiger partial charge in [0.25, 0.3) is 0 Å². The Kier molecular flexibility index (Phi) is 7.88. The molecular weight excluding hydrogens is 350 g/mol. The lowest BCUT2D eigenvalue weighted by Gasteiger charge is -2.27. The summed E-state index contributed by atoms with van der Waals surface area (Å²) < 4.78 is 5.42. The van der Waals surface area contributed by atoms with Crippen molar-refractivity contribution in [2.24, 2.45) is 0 Å². The Hall–Kier alpha value is -2.37. The van der Waals surface area contributed by atoms with Crippen LogP contribution in [0.15, 0.2) is 54.6 Å². The van der Waals surface area contributed by atoms with Gasteiger partial charge in [0, 0.05) is 32.2 Å². The van der Waals surface area contributed by atoms with E-state index in [1.165, 1.54) is 16.7 Å². The molecule has 1 aliphatic heterocycles. The lowest BCUT2D eigenvalue weighted by atomic mass is 10.1. The molecule has 150 valence electrons. The summed E-state index contributed by atoms with van der Waals surface area (Å²) in [5, 5.41) is 6.06. The fourth-order valence-electron chi connectivity index (χ4n) is 3.43. The Labute approximate surface area is 168 Å². The summed E-state index contributed by atoms with van der Waals surface area (Å²) in [4.78, 5) is 14.7. The smallest absolute Gasteiger partial charge is 0.315 e. The van der Waals surface area contributed by atoms with Gasteiger partial charge in [-0.2, -0.15) is 0 Å².